The van der Waals surface area contributed by atoms with E-state index in [4.69, 9.17) is 5.11 Å². The Morgan fingerprint density at radius 1 is 1.24 bits per heavy atom. The normalized spacial score (nSPS) is 35.7. The third kappa shape index (κ3) is 4.73. The van der Waals surface area contributed by atoms with Gasteiger partial charge in [0, 0.05) is 12.3 Å². The summed E-state index contributed by atoms with van der Waals surface area (Å²) in [5.74, 6) is 0.854. The molecule has 3 rings (SSSR count). The van der Waals surface area contributed by atoms with Crippen LogP contribution in [0.3, 0.4) is 0 Å². The van der Waals surface area contributed by atoms with Crippen LogP contribution in [0.1, 0.15) is 64.2 Å². The average molecular weight is 348 g/mol. The van der Waals surface area contributed by atoms with Crippen molar-refractivity contribution in [1.29, 1.82) is 0 Å². The predicted molar refractivity (Wildman–Crippen MR) is 97.0 cm³/mol. The summed E-state index contributed by atoms with van der Waals surface area (Å²) in [4.78, 5) is 10.6. The van der Waals surface area contributed by atoms with Crippen LogP contribution in [0, 0.1) is 23.7 Å². The Hall–Kier alpha value is -1.13. The number of allylic oxidation sites excluding steroid dienone is 2. The zero-order valence-electron chi connectivity index (χ0n) is 15.0. The van der Waals surface area contributed by atoms with E-state index in [1.165, 1.54) is 18.4 Å². The fraction of sp³-hybridized carbons (Fsp3) is 0.762. The van der Waals surface area contributed by atoms with Crippen LogP contribution in [-0.2, 0) is 4.79 Å². The molecule has 3 saturated carbocycles. The van der Waals surface area contributed by atoms with Gasteiger partial charge in [-0.2, -0.15) is 0 Å². The van der Waals surface area contributed by atoms with Gasteiger partial charge < -0.3 is 15.3 Å². The number of carbonyl (C=O) groups is 1. The molecule has 0 spiro atoms. The first-order chi connectivity index (χ1) is 12.0. The molecule has 4 heteroatoms. The molecule has 3 N–H and O–H groups in total. The van der Waals surface area contributed by atoms with Crippen LogP contribution < -0.4 is 0 Å². The van der Waals surface area contributed by atoms with Gasteiger partial charge in [-0.15, -0.1) is 0 Å². The van der Waals surface area contributed by atoms with Gasteiger partial charge in [0.25, 0.3) is 0 Å². The van der Waals surface area contributed by atoms with Crippen LogP contribution in [0.2, 0.25) is 0 Å². The minimum absolute atomic E-state index is 0.158. The van der Waals surface area contributed by atoms with Gasteiger partial charge in [0.05, 0.1) is 12.2 Å². The largest absolute Gasteiger partial charge is 0.481 e. The molecule has 25 heavy (non-hydrogen) atoms. The van der Waals surface area contributed by atoms with Gasteiger partial charge in [-0.1, -0.05) is 36.6 Å². The average Bonchev–Trinajstić information content (AvgIpc) is 3.26. The number of hydrogen-bond acceptors (Lipinski definition) is 3. The molecule has 0 radical (unpaired) electrons. The summed E-state index contributed by atoms with van der Waals surface area (Å²) in [6, 6.07) is 0. The summed E-state index contributed by atoms with van der Waals surface area (Å²) in [7, 11) is 0. The Kier molecular flexibility index (Phi) is 6.34. The third-order valence-corrected chi connectivity index (χ3v) is 6.55. The molecule has 140 valence electrons. The lowest BCUT2D eigenvalue weighted by atomic mass is 9.89. The van der Waals surface area contributed by atoms with Gasteiger partial charge in [-0.05, 0) is 62.7 Å². The maximum Gasteiger partial charge on any atom is 0.303 e. The van der Waals surface area contributed by atoms with Crippen molar-refractivity contribution >= 4 is 5.97 Å². The van der Waals surface area contributed by atoms with Crippen molar-refractivity contribution in [1.82, 2.24) is 0 Å². The predicted octanol–water partition coefficient (Wildman–Crippen LogP) is 3.68. The van der Waals surface area contributed by atoms with E-state index in [0.717, 1.165) is 38.5 Å². The van der Waals surface area contributed by atoms with Crippen LogP contribution in [0.15, 0.2) is 23.8 Å². The van der Waals surface area contributed by atoms with Gasteiger partial charge in [-0.25, -0.2) is 0 Å². The number of hydrogen-bond donors (Lipinski definition) is 3. The van der Waals surface area contributed by atoms with Crippen LogP contribution in [0.4, 0.5) is 0 Å². The monoisotopic (exact) mass is 348 g/mol. The number of rotatable bonds is 7. The van der Waals surface area contributed by atoms with E-state index < -0.39 is 5.97 Å². The molecule has 0 bridgehead atoms. The van der Waals surface area contributed by atoms with Crippen molar-refractivity contribution in [3.8, 4) is 0 Å². The van der Waals surface area contributed by atoms with Crippen molar-refractivity contribution in [3.05, 3.63) is 23.8 Å². The molecular formula is C21H32O4. The lowest BCUT2D eigenvalue weighted by Gasteiger charge is -2.19. The van der Waals surface area contributed by atoms with Gasteiger partial charge in [0.1, 0.15) is 0 Å². The molecule has 3 aliphatic carbocycles. The van der Waals surface area contributed by atoms with Crippen LogP contribution in [0.5, 0.6) is 0 Å². The number of carboxylic acids is 1. The summed E-state index contributed by atoms with van der Waals surface area (Å²) in [6.07, 6.45) is 15.0. The first kappa shape index (κ1) is 18.7. The lowest BCUT2D eigenvalue weighted by molar-refractivity contribution is -0.137. The van der Waals surface area contributed by atoms with Gasteiger partial charge in [0.15, 0.2) is 0 Å². The Bertz CT molecular complexity index is 518. The topological polar surface area (TPSA) is 77.8 Å². The van der Waals surface area contributed by atoms with E-state index in [-0.39, 0.29) is 24.5 Å². The number of unbranched alkanes of at least 4 members (excludes halogenated alkanes) is 1. The zero-order valence-corrected chi connectivity index (χ0v) is 15.0. The molecular weight excluding hydrogens is 316 g/mol. The maximum atomic E-state index is 10.6. The fourth-order valence-corrected chi connectivity index (χ4v) is 5.20. The molecule has 3 fully saturated rings. The highest BCUT2D eigenvalue weighted by Crippen LogP contribution is 2.50. The number of fused-ring (bicyclic) bond motifs is 1. The quantitative estimate of drug-likeness (QED) is 0.484. The summed E-state index contributed by atoms with van der Waals surface area (Å²) in [5.41, 5.74) is 1.43. The summed E-state index contributed by atoms with van der Waals surface area (Å²) < 4.78 is 0. The number of aliphatic carboxylic acids is 1. The van der Waals surface area contributed by atoms with Crippen molar-refractivity contribution in [2.75, 3.05) is 0 Å². The lowest BCUT2D eigenvalue weighted by Crippen LogP contribution is -2.19. The SMILES string of the molecule is O=C(O)CCCC=C1C[C@H]2C[C@@H](O)[C@H](C=C[C@@H](O)C3CCCC3)[C@H]2C1. The molecule has 0 unspecified atom stereocenters. The molecule has 0 amide bonds. The second kappa shape index (κ2) is 8.50. The van der Waals surface area contributed by atoms with E-state index in [2.05, 4.69) is 12.2 Å². The Morgan fingerprint density at radius 2 is 2.00 bits per heavy atom. The van der Waals surface area contributed by atoms with E-state index in [1.54, 1.807) is 0 Å². The molecule has 0 heterocycles. The zero-order chi connectivity index (χ0) is 17.8. The highest BCUT2D eigenvalue weighted by molar-refractivity contribution is 5.66. The summed E-state index contributed by atoms with van der Waals surface area (Å²) in [5, 5.41) is 29.5. The minimum Gasteiger partial charge on any atom is -0.481 e. The van der Waals surface area contributed by atoms with Crippen LogP contribution >= 0.6 is 0 Å². The Balaban J connectivity index is 1.53. The highest BCUT2D eigenvalue weighted by Gasteiger charge is 2.45. The molecule has 0 saturated heterocycles. The number of aliphatic hydroxyl groups excluding tert-OH is 2. The maximum absolute atomic E-state index is 10.6. The third-order valence-electron chi connectivity index (χ3n) is 6.55. The van der Waals surface area contributed by atoms with E-state index in [1.807, 2.05) is 6.08 Å². The minimum atomic E-state index is -0.726. The second-order valence-electron chi connectivity index (χ2n) is 8.28. The molecule has 0 aromatic heterocycles. The van der Waals surface area contributed by atoms with Gasteiger partial charge in [-0.3, -0.25) is 4.79 Å². The molecule has 4 nitrogen and oxygen atoms in total. The standard InChI is InChI=1S/C21H32O4/c22-19(15-6-2-3-7-15)10-9-17-18-12-14(5-1-4-8-21(24)25)11-16(18)13-20(17)23/h5,9-10,15-20,22-23H,1-4,6-8,11-13H2,(H,24,25)/t16-,17+,18-,19+,20+/m0/s1. The van der Waals surface area contributed by atoms with Crippen molar-refractivity contribution in [2.45, 2.75) is 76.4 Å². The number of aliphatic hydroxyl groups is 2. The van der Waals surface area contributed by atoms with Crippen LogP contribution in [-0.4, -0.2) is 33.5 Å². The van der Waals surface area contributed by atoms with Crippen molar-refractivity contribution < 1.29 is 20.1 Å². The van der Waals surface area contributed by atoms with E-state index in [9.17, 15) is 15.0 Å². The molecule has 3 aliphatic rings. The van der Waals surface area contributed by atoms with Gasteiger partial charge in [0.2, 0.25) is 0 Å². The second-order valence-corrected chi connectivity index (χ2v) is 8.28. The molecule has 0 aromatic carbocycles. The van der Waals surface area contributed by atoms with E-state index in [0.29, 0.717) is 24.2 Å². The Labute approximate surface area is 150 Å². The van der Waals surface area contributed by atoms with Crippen molar-refractivity contribution in [2.24, 2.45) is 23.7 Å². The highest BCUT2D eigenvalue weighted by atomic mass is 16.4. The molecule has 0 aliphatic heterocycles. The molecule has 0 aromatic rings. The summed E-state index contributed by atoms with van der Waals surface area (Å²) >= 11 is 0. The first-order valence-electron chi connectivity index (χ1n) is 9.98. The summed E-state index contributed by atoms with van der Waals surface area (Å²) in [6.45, 7) is 0. The Morgan fingerprint density at radius 3 is 2.72 bits per heavy atom. The first-order valence-corrected chi connectivity index (χ1v) is 9.98. The molecule has 5 atom stereocenters. The van der Waals surface area contributed by atoms with Crippen LogP contribution in [0.25, 0.3) is 0 Å². The van der Waals surface area contributed by atoms with Gasteiger partial charge >= 0.3 is 5.97 Å². The van der Waals surface area contributed by atoms with Crippen molar-refractivity contribution in [3.63, 3.8) is 0 Å². The number of carboxylic acid groups (broad SMARTS) is 1. The van der Waals surface area contributed by atoms with E-state index >= 15 is 0 Å². The smallest absolute Gasteiger partial charge is 0.303 e. The fourth-order valence-electron chi connectivity index (χ4n) is 5.20.